The molecule has 1 aliphatic heterocycles. The van der Waals surface area contributed by atoms with E-state index in [9.17, 15) is 4.79 Å². The van der Waals surface area contributed by atoms with Gasteiger partial charge in [0.25, 0.3) is 0 Å². The van der Waals surface area contributed by atoms with Crippen LogP contribution in [0.4, 0.5) is 5.69 Å². The Morgan fingerprint density at radius 1 is 1.38 bits per heavy atom. The minimum atomic E-state index is -0.334. The molecule has 1 aromatic carbocycles. The molecule has 1 aliphatic carbocycles. The number of hydrogen-bond acceptors (Lipinski definition) is 4. The zero-order chi connectivity index (χ0) is 14.9. The molecule has 3 N–H and O–H groups in total. The summed E-state index contributed by atoms with van der Waals surface area (Å²) in [6.45, 7) is 1.80. The summed E-state index contributed by atoms with van der Waals surface area (Å²) in [5, 5.41) is 0. The Morgan fingerprint density at radius 3 is 2.71 bits per heavy atom. The predicted octanol–water partition coefficient (Wildman–Crippen LogP) is 2.04. The van der Waals surface area contributed by atoms with Crippen LogP contribution >= 0.6 is 11.9 Å². The first-order chi connectivity index (χ1) is 10.2. The summed E-state index contributed by atoms with van der Waals surface area (Å²) in [7, 11) is 0. The summed E-state index contributed by atoms with van der Waals surface area (Å²) in [5.41, 5.74) is 8.53. The number of carbonyl (C=O) groups is 1. The highest BCUT2D eigenvalue weighted by Gasteiger charge is 2.43. The SMILES string of the molecule is CSNCC1(c2ccc(N3CCCC(N)C3=O)cc2)CC1. The number of benzene rings is 1. The number of amides is 1. The summed E-state index contributed by atoms with van der Waals surface area (Å²) < 4.78 is 3.38. The van der Waals surface area contributed by atoms with E-state index < -0.39 is 0 Å². The number of nitrogens with two attached hydrogens (primary N) is 1. The molecule has 1 heterocycles. The van der Waals surface area contributed by atoms with Gasteiger partial charge in [-0.15, -0.1) is 0 Å². The Labute approximate surface area is 130 Å². The zero-order valence-electron chi connectivity index (χ0n) is 12.5. The third kappa shape index (κ3) is 2.96. The normalized spacial score (nSPS) is 24.2. The number of carbonyl (C=O) groups excluding carboxylic acids is 1. The first kappa shape index (κ1) is 14.9. The van der Waals surface area contributed by atoms with E-state index in [1.54, 1.807) is 11.9 Å². The summed E-state index contributed by atoms with van der Waals surface area (Å²) >= 11 is 1.67. The summed E-state index contributed by atoms with van der Waals surface area (Å²) in [4.78, 5) is 14.0. The molecular weight excluding hydrogens is 282 g/mol. The average molecular weight is 305 g/mol. The van der Waals surface area contributed by atoms with Crippen LogP contribution in [0.2, 0.25) is 0 Å². The number of anilines is 1. The third-order valence-corrected chi connectivity index (χ3v) is 5.11. The molecule has 1 amide bonds. The molecule has 4 nitrogen and oxygen atoms in total. The van der Waals surface area contributed by atoms with Crippen LogP contribution < -0.4 is 15.4 Å². The Morgan fingerprint density at radius 2 is 2.10 bits per heavy atom. The van der Waals surface area contributed by atoms with E-state index in [0.29, 0.717) is 5.41 Å². The van der Waals surface area contributed by atoms with Crippen LogP contribution in [-0.4, -0.2) is 31.3 Å². The van der Waals surface area contributed by atoms with Crippen molar-refractivity contribution < 1.29 is 4.79 Å². The van der Waals surface area contributed by atoms with Crippen molar-refractivity contribution in [3.05, 3.63) is 29.8 Å². The van der Waals surface area contributed by atoms with Crippen molar-refractivity contribution in [3.63, 3.8) is 0 Å². The first-order valence-corrected chi connectivity index (χ1v) is 8.82. The smallest absolute Gasteiger partial charge is 0.243 e. The largest absolute Gasteiger partial charge is 0.320 e. The first-order valence-electron chi connectivity index (χ1n) is 7.60. The Bertz CT molecular complexity index is 513. The van der Waals surface area contributed by atoms with Gasteiger partial charge in [0.1, 0.15) is 0 Å². The molecule has 5 heteroatoms. The van der Waals surface area contributed by atoms with Gasteiger partial charge in [-0.1, -0.05) is 24.1 Å². The van der Waals surface area contributed by atoms with Crippen molar-refractivity contribution in [1.29, 1.82) is 0 Å². The summed E-state index contributed by atoms with van der Waals surface area (Å²) in [5.74, 6) is 0.0548. The van der Waals surface area contributed by atoms with Crippen molar-refractivity contribution in [1.82, 2.24) is 4.72 Å². The van der Waals surface area contributed by atoms with E-state index in [4.69, 9.17) is 5.73 Å². The van der Waals surface area contributed by atoms with Crippen molar-refractivity contribution in [3.8, 4) is 0 Å². The summed E-state index contributed by atoms with van der Waals surface area (Å²) in [6, 6.07) is 8.17. The lowest BCUT2D eigenvalue weighted by atomic mass is 9.95. The maximum Gasteiger partial charge on any atom is 0.243 e. The maximum absolute atomic E-state index is 12.1. The monoisotopic (exact) mass is 305 g/mol. The van der Waals surface area contributed by atoms with E-state index in [1.165, 1.54) is 18.4 Å². The number of piperidine rings is 1. The molecular formula is C16H23N3OS. The van der Waals surface area contributed by atoms with E-state index >= 15 is 0 Å². The van der Waals surface area contributed by atoms with E-state index in [0.717, 1.165) is 31.6 Å². The van der Waals surface area contributed by atoms with E-state index in [1.807, 2.05) is 4.90 Å². The van der Waals surface area contributed by atoms with Gasteiger partial charge >= 0.3 is 0 Å². The highest BCUT2D eigenvalue weighted by atomic mass is 32.2. The Kier molecular flexibility index (Phi) is 4.24. The minimum Gasteiger partial charge on any atom is -0.320 e. The van der Waals surface area contributed by atoms with Crippen LogP contribution in [0.3, 0.4) is 0 Å². The van der Waals surface area contributed by atoms with Crippen LogP contribution in [-0.2, 0) is 10.2 Å². The summed E-state index contributed by atoms with van der Waals surface area (Å²) in [6.07, 6.45) is 6.33. The highest BCUT2D eigenvalue weighted by molar-refractivity contribution is 7.96. The van der Waals surface area contributed by atoms with E-state index in [-0.39, 0.29) is 11.9 Å². The molecule has 1 saturated heterocycles. The maximum atomic E-state index is 12.1. The van der Waals surface area contributed by atoms with Gasteiger partial charge in [0.2, 0.25) is 5.91 Å². The van der Waals surface area contributed by atoms with Gasteiger partial charge in [0.15, 0.2) is 0 Å². The van der Waals surface area contributed by atoms with Crippen LogP contribution in [0.5, 0.6) is 0 Å². The van der Waals surface area contributed by atoms with Crippen LogP contribution in [0, 0.1) is 0 Å². The molecule has 2 fully saturated rings. The lowest BCUT2D eigenvalue weighted by Gasteiger charge is -2.30. The number of rotatable bonds is 5. The molecule has 1 saturated carbocycles. The van der Waals surface area contributed by atoms with Crippen molar-refractivity contribution >= 4 is 23.5 Å². The molecule has 114 valence electrons. The molecule has 3 rings (SSSR count). The van der Waals surface area contributed by atoms with Gasteiger partial charge in [0.05, 0.1) is 6.04 Å². The zero-order valence-corrected chi connectivity index (χ0v) is 13.3. The fourth-order valence-electron chi connectivity index (χ4n) is 3.08. The second kappa shape index (κ2) is 5.99. The van der Waals surface area contributed by atoms with Gasteiger partial charge in [-0.25, -0.2) is 0 Å². The fourth-order valence-corrected chi connectivity index (χ4v) is 3.50. The Balaban J connectivity index is 1.74. The second-order valence-electron chi connectivity index (χ2n) is 6.09. The van der Waals surface area contributed by atoms with Crippen molar-refractivity contribution in [2.45, 2.75) is 37.1 Å². The van der Waals surface area contributed by atoms with Crippen LogP contribution in [0.1, 0.15) is 31.2 Å². The molecule has 1 aromatic rings. The molecule has 21 heavy (non-hydrogen) atoms. The highest BCUT2D eigenvalue weighted by Crippen LogP contribution is 2.48. The van der Waals surface area contributed by atoms with Crippen LogP contribution in [0.25, 0.3) is 0 Å². The lowest BCUT2D eigenvalue weighted by Crippen LogP contribution is -2.48. The second-order valence-corrected chi connectivity index (χ2v) is 6.79. The van der Waals surface area contributed by atoms with Gasteiger partial charge < -0.3 is 10.6 Å². The molecule has 2 aliphatic rings. The number of hydrogen-bond donors (Lipinski definition) is 2. The fraction of sp³-hybridized carbons (Fsp3) is 0.562. The molecule has 0 bridgehead atoms. The third-order valence-electron chi connectivity index (χ3n) is 4.68. The van der Waals surface area contributed by atoms with E-state index in [2.05, 4.69) is 35.2 Å². The van der Waals surface area contributed by atoms with Gasteiger partial charge in [-0.2, -0.15) is 0 Å². The molecule has 0 spiro atoms. The molecule has 1 unspecified atom stereocenters. The van der Waals surface area contributed by atoms with Gasteiger partial charge in [0, 0.05) is 24.2 Å². The van der Waals surface area contributed by atoms with Crippen molar-refractivity contribution in [2.75, 3.05) is 24.2 Å². The topological polar surface area (TPSA) is 58.4 Å². The molecule has 0 aromatic heterocycles. The standard InChI is InChI=1S/C16H23N3OS/c1-21-18-11-16(8-9-16)12-4-6-13(7-5-12)19-10-2-3-14(17)15(19)20/h4-7,14,18H,2-3,8-11,17H2,1H3. The van der Waals surface area contributed by atoms with Crippen LogP contribution in [0.15, 0.2) is 24.3 Å². The lowest BCUT2D eigenvalue weighted by molar-refractivity contribution is -0.120. The number of nitrogens with one attached hydrogen (secondary N) is 1. The van der Waals surface area contributed by atoms with Gasteiger partial charge in [-0.3, -0.25) is 9.52 Å². The van der Waals surface area contributed by atoms with Gasteiger partial charge in [-0.05, 0) is 49.6 Å². The Hall–Kier alpha value is -1.04. The quantitative estimate of drug-likeness (QED) is 0.817. The average Bonchev–Trinajstić information content (AvgIpc) is 3.29. The molecule has 1 atom stereocenters. The minimum absolute atomic E-state index is 0.0548. The molecule has 0 radical (unpaired) electrons. The predicted molar refractivity (Wildman–Crippen MR) is 88.4 cm³/mol. The van der Waals surface area contributed by atoms with Crippen molar-refractivity contribution in [2.24, 2.45) is 5.73 Å². The number of nitrogens with zero attached hydrogens (tertiary/aromatic N) is 1.